The van der Waals surface area contributed by atoms with Crippen molar-refractivity contribution in [2.75, 3.05) is 33.4 Å². The van der Waals surface area contributed by atoms with Crippen LogP contribution in [0.4, 0.5) is 0 Å². The van der Waals surface area contributed by atoms with Gasteiger partial charge in [-0.3, -0.25) is 4.90 Å². The fourth-order valence-corrected chi connectivity index (χ4v) is 3.31. The number of piperidine rings is 1. The molecule has 26 heavy (non-hydrogen) atoms. The number of hydrogen-bond donors (Lipinski definition) is 2. The Bertz CT molecular complexity index is 529. The van der Waals surface area contributed by atoms with Crippen molar-refractivity contribution in [3.63, 3.8) is 0 Å². The minimum atomic E-state index is 0.694. The van der Waals surface area contributed by atoms with Crippen molar-refractivity contribution in [1.29, 1.82) is 0 Å². The normalized spacial score (nSPS) is 18.7. The summed E-state index contributed by atoms with van der Waals surface area (Å²) in [6.07, 6.45) is 5.02. The molecule has 5 heteroatoms. The summed E-state index contributed by atoms with van der Waals surface area (Å²) in [4.78, 5) is 7.28. The highest BCUT2D eigenvalue weighted by molar-refractivity contribution is 5.79. The molecule has 0 aliphatic carbocycles. The van der Waals surface area contributed by atoms with Gasteiger partial charge in [0.15, 0.2) is 5.96 Å². The van der Waals surface area contributed by atoms with E-state index in [-0.39, 0.29) is 0 Å². The average Bonchev–Trinajstić information content (AvgIpc) is 2.66. The maximum atomic E-state index is 5.08. The number of likely N-dealkylation sites (tertiary alicyclic amines) is 1. The van der Waals surface area contributed by atoms with Crippen molar-refractivity contribution in [2.24, 2.45) is 4.99 Å². The van der Waals surface area contributed by atoms with Crippen LogP contribution in [-0.4, -0.2) is 50.3 Å². The molecular weight excluding hydrogens is 324 g/mol. The van der Waals surface area contributed by atoms with E-state index in [1.54, 1.807) is 7.11 Å². The van der Waals surface area contributed by atoms with Gasteiger partial charge in [-0.05, 0) is 50.8 Å². The molecule has 0 spiro atoms. The fourth-order valence-electron chi connectivity index (χ4n) is 3.31. The molecule has 1 heterocycles. The zero-order valence-electron chi connectivity index (χ0n) is 16.8. The van der Waals surface area contributed by atoms with Gasteiger partial charge in [-0.1, -0.05) is 30.7 Å². The largest absolute Gasteiger partial charge is 0.385 e. The third kappa shape index (κ3) is 7.34. The summed E-state index contributed by atoms with van der Waals surface area (Å²) < 4.78 is 5.08. The summed E-state index contributed by atoms with van der Waals surface area (Å²) in [6, 6.07) is 9.64. The van der Waals surface area contributed by atoms with Gasteiger partial charge < -0.3 is 15.4 Å². The summed E-state index contributed by atoms with van der Waals surface area (Å²) in [5.74, 6) is 0.870. The molecule has 0 aromatic heterocycles. The summed E-state index contributed by atoms with van der Waals surface area (Å²) in [6.45, 7) is 9.93. The van der Waals surface area contributed by atoms with Crippen LogP contribution in [0, 0.1) is 0 Å². The van der Waals surface area contributed by atoms with E-state index >= 15 is 0 Å². The van der Waals surface area contributed by atoms with Gasteiger partial charge in [0.25, 0.3) is 0 Å². The molecule has 5 nitrogen and oxygen atoms in total. The summed E-state index contributed by atoms with van der Waals surface area (Å²) in [5.41, 5.74) is 2.64. The van der Waals surface area contributed by atoms with Crippen LogP contribution in [0.2, 0.25) is 0 Å². The van der Waals surface area contributed by atoms with Gasteiger partial charge in [-0.25, -0.2) is 4.99 Å². The van der Waals surface area contributed by atoms with E-state index in [0.717, 1.165) is 38.6 Å². The van der Waals surface area contributed by atoms with E-state index in [0.29, 0.717) is 12.6 Å². The van der Waals surface area contributed by atoms with E-state index in [2.05, 4.69) is 58.6 Å². The molecule has 1 aromatic rings. The highest BCUT2D eigenvalue weighted by atomic mass is 16.5. The van der Waals surface area contributed by atoms with Crippen LogP contribution >= 0.6 is 0 Å². The third-order valence-electron chi connectivity index (χ3n) is 4.93. The zero-order chi connectivity index (χ0) is 18.6. The average molecular weight is 361 g/mol. The molecule has 1 aliphatic rings. The molecule has 1 unspecified atom stereocenters. The quantitative estimate of drug-likeness (QED) is 0.403. The molecule has 0 amide bonds. The Kier molecular flexibility index (Phi) is 9.50. The predicted octanol–water partition coefficient (Wildman–Crippen LogP) is 3.15. The Hall–Kier alpha value is -1.59. The van der Waals surface area contributed by atoms with E-state index < -0.39 is 0 Å². The zero-order valence-corrected chi connectivity index (χ0v) is 16.8. The lowest BCUT2D eigenvalue weighted by Gasteiger charge is -2.33. The van der Waals surface area contributed by atoms with Crippen LogP contribution in [0.1, 0.15) is 50.7 Å². The van der Waals surface area contributed by atoms with Gasteiger partial charge in [0.2, 0.25) is 0 Å². The minimum Gasteiger partial charge on any atom is -0.385 e. The van der Waals surface area contributed by atoms with Gasteiger partial charge >= 0.3 is 0 Å². The topological polar surface area (TPSA) is 48.9 Å². The molecule has 1 saturated heterocycles. The van der Waals surface area contributed by atoms with Gasteiger partial charge in [0.05, 0.1) is 6.54 Å². The van der Waals surface area contributed by atoms with Crippen molar-refractivity contribution in [3.8, 4) is 0 Å². The first-order valence-electron chi connectivity index (χ1n) is 10.1. The Morgan fingerprint density at radius 1 is 1.19 bits per heavy atom. The lowest BCUT2D eigenvalue weighted by molar-refractivity contribution is 0.152. The first kappa shape index (κ1) is 20.7. The fraction of sp³-hybridized carbons (Fsp3) is 0.667. The van der Waals surface area contributed by atoms with E-state index in [9.17, 15) is 0 Å². The van der Waals surface area contributed by atoms with Crippen molar-refractivity contribution in [1.82, 2.24) is 15.5 Å². The molecule has 0 saturated carbocycles. The number of rotatable bonds is 9. The van der Waals surface area contributed by atoms with Crippen LogP contribution in [0.25, 0.3) is 0 Å². The lowest BCUT2D eigenvalue weighted by Crippen LogP contribution is -2.38. The van der Waals surface area contributed by atoms with Gasteiger partial charge in [-0.15, -0.1) is 0 Å². The predicted molar refractivity (Wildman–Crippen MR) is 109 cm³/mol. The van der Waals surface area contributed by atoms with E-state index in [4.69, 9.17) is 4.74 Å². The SMILES string of the molecule is CCNC(=NCc1ccc(CN2CCCCC2C)cc1)NCCCOC. The molecule has 2 N–H and O–H groups in total. The Morgan fingerprint density at radius 2 is 1.96 bits per heavy atom. The second-order valence-corrected chi connectivity index (χ2v) is 7.10. The molecule has 1 atom stereocenters. The number of ether oxygens (including phenoxy) is 1. The highest BCUT2D eigenvalue weighted by Gasteiger charge is 2.17. The van der Waals surface area contributed by atoms with Gasteiger partial charge in [0.1, 0.15) is 0 Å². The van der Waals surface area contributed by atoms with Crippen molar-refractivity contribution in [3.05, 3.63) is 35.4 Å². The van der Waals surface area contributed by atoms with Crippen LogP contribution in [0.3, 0.4) is 0 Å². The van der Waals surface area contributed by atoms with Gasteiger partial charge in [-0.2, -0.15) is 0 Å². The molecule has 1 fully saturated rings. The van der Waals surface area contributed by atoms with Crippen molar-refractivity contribution < 1.29 is 4.74 Å². The molecular formula is C21H36N4O. The Labute approximate surface area is 159 Å². The summed E-state index contributed by atoms with van der Waals surface area (Å²) in [7, 11) is 1.73. The maximum Gasteiger partial charge on any atom is 0.191 e. The molecule has 1 aliphatic heterocycles. The second-order valence-electron chi connectivity index (χ2n) is 7.10. The first-order valence-corrected chi connectivity index (χ1v) is 10.1. The third-order valence-corrected chi connectivity index (χ3v) is 4.93. The van der Waals surface area contributed by atoms with Gasteiger partial charge in [0, 0.05) is 39.4 Å². The number of aliphatic imine (C=N–C) groups is 1. The highest BCUT2D eigenvalue weighted by Crippen LogP contribution is 2.19. The van der Waals surface area contributed by atoms with Crippen LogP contribution < -0.4 is 10.6 Å². The minimum absolute atomic E-state index is 0.694. The van der Waals surface area contributed by atoms with E-state index in [1.165, 1.54) is 36.9 Å². The second kappa shape index (κ2) is 11.9. The molecule has 2 rings (SSSR count). The molecule has 1 aromatic carbocycles. The summed E-state index contributed by atoms with van der Waals surface area (Å²) >= 11 is 0. The smallest absolute Gasteiger partial charge is 0.191 e. The van der Waals surface area contributed by atoms with Crippen LogP contribution in [0.15, 0.2) is 29.3 Å². The Balaban J connectivity index is 1.83. The molecule has 146 valence electrons. The number of guanidine groups is 1. The number of methoxy groups -OCH3 is 1. The Morgan fingerprint density at radius 3 is 2.65 bits per heavy atom. The van der Waals surface area contributed by atoms with E-state index in [1.807, 2.05) is 0 Å². The van der Waals surface area contributed by atoms with Crippen LogP contribution in [0.5, 0.6) is 0 Å². The monoisotopic (exact) mass is 360 g/mol. The first-order chi connectivity index (χ1) is 12.7. The summed E-state index contributed by atoms with van der Waals surface area (Å²) in [5, 5.41) is 6.64. The van der Waals surface area contributed by atoms with Crippen molar-refractivity contribution in [2.45, 2.75) is 58.7 Å². The molecule has 0 bridgehead atoms. The number of nitrogens with zero attached hydrogens (tertiary/aromatic N) is 2. The number of nitrogens with one attached hydrogen (secondary N) is 2. The lowest BCUT2D eigenvalue weighted by atomic mass is 10.0. The standard InChI is InChI=1S/C21H36N4O/c1-4-22-21(23-13-7-15-26-3)24-16-19-9-11-20(12-10-19)17-25-14-6-5-8-18(25)2/h9-12,18H,4-8,13-17H2,1-3H3,(H2,22,23,24). The number of hydrogen-bond acceptors (Lipinski definition) is 3. The van der Waals surface area contributed by atoms with Crippen LogP contribution in [-0.2, 0) is 17.8 Å². The maximum absolute atomic E-state index is 5.08. The number of benzene rings is 1. The molecule has 0 radical (unpaired) electrons. The van der Waals surface area contributed by atoms with Crippen molar-refractivity contribution >= 4 is 5.96 Å².